The molecule has 0 radical (unpaired) electrons. The molecule has 0 spiro atoms. The van der Waals surface area contributed by atoms with E-state index in [1.54, 1.807) is 6.92 Å². The monoisotopic (exact) mass is 353 g/mol. The Labute approximate surface area is 157 Å². The molecule has 0 aliphatic heterocycles. The van der Waals surface area contributed by atoms with Crippen LogP contribution in [0, 0.1) is 5.92 Å². The van der Waals surface area contributed by atoms with E-state index in [1.165, 1.54) is 5.56 Å². The van der Waals surface area contributed by atoms with Gasteiger partial charge in [-0.3, -0.25) is 4.79 Å². The van der Waals surface area contributed by atoms with Crippen LogP contribution in [0.2, 0.25) is 0 Å². The molecule has 0 saturated carbocycles. The standard InChI is InChI=1S/C22H31N3O/c1-17(2)13-15-24(4)21-7-5-6-8-22(21)25(18(3)26)16-14-19-9-11-20(23)12-10-19/h5-12,17H,13-16,23H2,1-4H3. The summed E-state index contributed by atoms with van der Waals surface area (Å²) >= 11 is 0. The highest BCUT2D eigenvalue weighted by molar-refractivity contribution is 5.95. The lowest BCUT2D eigenvalue weighted by atomic mass is 10.1. The van der Waals surface area contributed by atoms with E-state index in [9.17, 15) is 4.79 Å². The second-order valence-corrected chi connectivity index (χ2v) is 7.26. The summed E-state index contributed by atoms with van der Waals surface area (Å²) in [6, 6.07) is 16.0. The Morgan fingerprint density at radius 3 is 2.19 bits per heavy atom. The highest BCUT2D eigenvalue weighted by Gasteiger charge is 2.17. The maximum Gasteiger partial charge on any atom is 0.223 e. The number of benzene rings is 2. The zero-order chi connectivity index (χ0) is 19.1. The van der Waals surface area contributed by atoms with Crippen molar-refractivity contribution in [1.29, 1.82) is 0 Å². The molecule has 0 aromatic heterocycles. The Morgan fingerprint density at radius 1 is 1.00 bits per heavy atom. The van der Waals surface area contributed by atoms with Crippen molar-refractivity contribution in [1.82, 2.24) is 0 Å². The Kier molecular flexibility index (Phi) is 7.07. The van der Waals surface area contributed by atoms with Gasteiger partial charge in [0.15, 0.2) is 0 Å². The Hall–Kier alpha value is -2.49. The number of nitrogens with two attached hydrogens (primary N) is 1. The van der Waals surface area contributed by atoms with E-state index in [4.69, 9.17) is 5.73 Å². The molecular weight excluding hydrogens is 322 g/mol. The van der Waals surface area contributed by atoms with E-state index >= 15 is 0 Å². The molecule has 4 heteroatoms. The molecule has 2 N–H and O–H groups in total. The van der Waals surface area contributed by atoms with Crippen LogP contribution in [0.5, 0.6) is 0 Å². The molecule has 2 aromatic rings. The second-order valence-electron chi connectivity index (χ2n) is 7.26. The third-order valence-corrected chi connectivity index (χ3v) is 4.61. The molecule has 0 heterocycles. The first-order valence-electron chi connectivity index (χ1n) is 9.31. The van der Waals surface area contributed by atoms with Gasteiger partial charge in [0.25, 0.3) is 0 Å². The predicted molar refractivity (Wildman–Crippen MR) is 112 cm³/mol. The topological polar surface area (TPSA) is 49.6 Å². The summed E-state index contributed by atoms with van der Waals surface area (Å²) in [6.45, 7) is 7.71. The fraction of sp³-hybridized carbons (Fsp3) is 0.409. The van der Waals surface area contributed by atoms with E-state index in [-0.39, 0.29) is 5.91 Å². The van der Waals surface area contributed by atoms with Crippen molar-refractivity contribution >= 4 is 23.0 Å². The summed E-state index contributed by atoms with van der Waals surface area (Å²) < 4.78 is 0. The summed E-state index contributed by atoms with van der Waals surface area (Å²) in [6.07, 6.45) is 1.92. The fourth-order valence-electron chi connectivity index (χ4n) is 2.96. The maximum absolute atomic E-state index is 12.3. The van der Waals surface area contributed by atoms with Crippen LogP contribution in [0.3, 0.4) is 0 Å². The van der Waals surface area contributed by atoms with Crippen LogP contribution in [0.4, 0.5) is 17.1 Å². The Bertz CT molecular complexity index is 710. The van der Waals surface area contributed by atoms with Crippen molar-refractivity contribution < 1.29 is 4.79 Å². The highest BCUT2D eigenvalue weighted by atomic mass is 16.2. The van der Waals surface area contributed by atoms with Gasteiger partial charge in [-0.05, 0) is 48.6 Å². The molecule has 0 bridgehead atoms. The number of anilines is 3. The fourth-order valence-corrected chi connectivity index (χ4v) is 2.96. The Balaban J connectivity index is 2.18. The van der Waals surface area contributed by atoms with Crippen LogP contribution in [-0.4, -0.2) is 26.0 Å². The first-order chi connectivity index (χ1) is 12.4. The lowest BCUT2D eigenvalue weighted by molar-refractivity contribution is -0.116. The first kappa shape index (κ1) is 19.8. The number of rotatable bonds is 8. The summed E-state index contributed by atoms with van der Waals surface area (Å²) in [5.74, 6) is 0.712. The number of para-hydroxylation sites is 2. The van der Waals surface area contributed by atoms with E-state index in [0.29, 0.717) is 12.5 Å². The number of hydrogen-bond donors (Lipinski definition) is 1. The van der Waals surface area contributed by atoms with Gasteiger partial charge in [0.05, 0.1) is 11.4 Å². The summed E-state index contributed by atoms with van der Waals surface area (Å²) in [5.41, 5.74) is 9.76. The number of carbonyl (C=O) groups excluding carboxylic acids is 1. The third-order valence-electron chi connectivity index (χ3n) is 4.61. The average molecular weight is 354 g/mol. The smallest absolute Gasteiger partial charge is 0.223 e. The summed E-state index contributed by atoms with van der Waals surface area (Å²) in [5, 5.41) is 0. The molecule has 0 saturated heterocycles. The second kappa shape index (κ2) is 9.27. The Morgan fingerprint density at radius 2 is 1.62 bits per heavy atom. The van der Waals surface area contributed by atoms with Gasteiger partial charge in [0, 0.05) is 32.7 Å². The molecule has 0 aliphatic carbocycles. The van der Waals surface area contributed by atoms with Gasteiger partial charge in [-0.25, -0.2) is 0 Å². The van der Waals surface area contributed by atoms with Gasteiger partial charge in [-0.2, -0.15) is 0 Å². The number of amides is 1. The molecule has 1 amide bonds. The van der Waals surface area contributed by atoms with Crippen molar-refractivity contribution in [2.45, 2.75) is 33.6 Å². The minimum atomic E-state index is 0.0603. The quantitative estimate of drug-likeness (QED) is 0.718. The van der Waals surface area contributed by atoms with Crippen LogP contribution in [-0.2, 0) is 11.2 Å². The van der Waals surface area contributed by atoms with E-state index < -0.39 is 0 Å². The first-order valence-corrected chi connectivity index (χ1v) is 9.31. The lowest BCUT2D eigenvalue weighted by Crippen LogP contribution is -2.33. The zero-order valence-corrected chi connectivity index (χ0v) is 16.4. The molecule has 0 fully saturated rings. The lowest BCUT2D eigenvalue weighted by Gasteiger charge is -2.29. The third kappa shape index (κ3) is 5.51. The minimum absolute atomic E-state index is 0.0603. The predicted octanol–water partition coefficient (Wildman–Crippen LogP) is 4.35. The van der Waals surface area contributed by atoms with Crippen LogP contribution in [0.25, 0.3) is 0 Å². The van der Waals surface area contributed by atoms with Crippen molar-refractivity contribution in [3.05, 3.63) is 54.1 Å². The molecular formula is C22H31N3O. The summed E-state index contributed by atoms with van der Waals surface area (Å²) in [4.78, 5) is 16.5. The van der Waals surface area contributed by atoms with E-state index in [2.05, 4.69) is 31.9 Å². The van der Waals surface area contributed by atoms with Gasteiger partial charge in [-0.1, -0.05) is 38.1 Å². The van der Waals surface area contributed by atoms with E-state index in [0.717, 1.165) is 36.4 Å². The van der Waals surface area contributed by atoms with Crippen molar-refractivity contribution in [3.63, 3.8) is 0 Å². The maximum atomic E-state index is 12.3. The molecule has 26 heavy (non-hydrogen) atoms. The van der Waals surface area contributed by atoms with Crippen LogP contribution in [0.15, 0.2) is 48.5 Å². The van der Waals surface area contributed by atoms with Gasteiger partial charge in [0.2, 0.25) is 5.91 Å². The van der Waals surface area contributed by atoms with Gasteiger partial charge in [-0.15, -0.1) is 0 Å². The molecule has 2 rings (SSSR count). The van der Waals surface area contributed by atoms with Gasteiger partial charge in [0.1, 0.15) is 0 Å². The molecule has 0 atom stereocenters. The number of carbonyl (C=O) groups is 1. The van der Waals surface area contributed by atoms with Crippen molar-refractivity contribution in [2.75, 3.05) is 35.7 Å². The van der Waals surface area contributed by atoms with Crippen LogP contribution < -0.4 is 15.5 Å². The zero-order valence-electron chi connectivity index (χ0n) is 16.4. The van der Waals surface area contributed by atoms with E-state index in [1.807, 2.05) is 47.4 Å². The molecule has 0 aliphatic rings. The minimum Gasteiger partial charge on any atom is -0.399 e. The molecule has 4 nitrogen and oxygen atoms in total. The average Bonchev–Trinajstić information content (AvgIpc) is 2.61. The van der Waals surface area contributed by atoms with Crippen LogP contribution >= 0.6 is 0 Å². The van der Waals surface area contributed by atoms with Crippen LogP contribution in [0.1, 0.15) is 32.8 Å². The SMILES string of the molecule is CC(=O)N(CCc1ccc(N)cc1)c1ccccc1N(C)CCC(C)C. The van der Waals surface area contributed by atoms with Crippen molar-refractivity contribution in [2.24, 2.45) is 5.92 Å². The number of nitrogen functional groups attached to an aromatic ring is 1. The largest absolute Gasteiger partial charge is 0.399 e. The molecule has 2 aromatic carbocycles. The van der Waals surface area contributed by atoms with Crippen molar-refractivity contribution in [3.8, 4) is 0 Å². The number of nitrogens with zero attached hydrogens (tertiary/aromatic N) is 2. The van der Waals surface area contributed by atoms with Gasteiger partial charge < -0.3 is 15.5 Å². The summed E-state index contributed by atoms with van der Waals surface area (Å²) in [7, 11) is 2.10. The van der Waals surface area contributed by atoms with Gasteiger partial charge >= 0.3 is 0 Å². The molecule has 140 valence electrons. The molecule has 0 unspecified atom stereocenters. The highest BCUT2D eigenvalue weighted by Crippen LogP contribution is 2.29. The number of hydrogen-bond acceptors (Lipinski definition) is 3. The normalized spacial score (nSPS) is 10.8.